The maximum Gasteiger partial charge on any atom is 0.191 e. The zero-order chi connectivity index (χ0) is 16.5. The third kappa shape index (κ3) is 6.16. The molecule has 1 heterocycles. The maximum atomic E-state index is 13.6. The van der Waals surface area contributed by atoms with Gasteiger partial charge in [0.25, 0.3) is 0 Å². The van der Waals surface area contributed by atoms with Crippen LogP contribution in [0.5, 0.6) is 0 Å². The Morgan fingerprint density at radius 1 is 1.39 bits per heavy atom. The summed E-state index contributed by atoms with van der Waals surface area (Å²) in [6, 6.07) is 3.38. The molecule has 0 aliphatic heterocycles. The second-order valence-corrected chi connectivity index (χ2v) is 6.48. The minimum Gasteiger partial charge on any atom is -0.354 e. The van der Waals surface area contributed by atoms with Crippen molar-refractivity contribution in [3.05, 3.63) is 29.8 Å². The molecule has 5 heteroatoms. The molecule has 1 aliphatic carbocycles. The fourth-order valence-electron chi connectivity index (χ4n) is 3.18. The van der Waals surface area contributed by atoms with Gasteiger partial charge in [-0.15, -0.1) is 0 Å². The van der Waals surface area contributed by atoms with E-state index in [1.54, 1.807) is 19.3 Å². The minimum absolute atomic E-state index is 0.291. The molecule has 1 aromatic rings. The van der Waals surface area contributed by atoms with E-state index in [0.717, 1.165) is 12.3 Å². The van der Waals surface area contributed by atoms with E-state index in [4.69, 9.17) is 0 Å². The molecule has 0 saturated heterocycles. The number of nitrogens with zero attached hydrogens (tertiary/aromatic N) is 2. The van der Waals surface area contributed by atoms with Gasteiger partial charge in [-0.05, 0) is 37.8 Å². The summed E-state index contributed by atoms with van der Waals surface area (Å²) in [5, 5.41) is 6.52. The summed E-state index contributed by atoms with van der Waals surface area (Å²) < 4.78 is 13.6. The average Bonchev–Trinajstić information content (AvgIpc) is 2.59. The van der Waals surface area contributed by atoms with Crippen LogP contribution in [0, 0.1) is 11.7 Å². The summed E-state index contributed by atoms with van der Waals surface area (Å²) in [5.41, 5.74) is 0.408. The standard InChI is InChI=1S/C18H29FN4/c1-14(10-11-15-7-4-3-5-8-15)23-18(20-2)22-13-17-16(19)9-6-12-21-17/h6,9,12,14-15H,3-5,7-8,10-11,13H2,1-2H3,(H2,20,22,23). The second kappa shape index (κ2) is 9.48. The van der Waals surface area contributed by atoms with Gasteiger partial charge in [0.2, 0.25) is 0 Å². The number of guanidine groups is 1. The van der Waals surface area contributed by atoms with E-state index < -0.39 is 0 Å². The highest BCUT2D eigenvalue weighted by Gasteiger charge is 2.15. The molecule has 1 unspecified atom stereocenters. The van der Waals surface area contributed by atoms with Crippen molar-refractivity contribution in [2.75, 3.05) is 7.05 Å². The van der Waals surface area contributed by atoms with E-state index in [9.17, 15) is 4.39 Å². The fraction of sp³-hybridized carbons (Fsp3) is 0.667. The summed E-state index contributed by atoms with van der Waals surface area (Å²) in [7, 11) is 1.73. The van der Waals surface area contributed by atoms with Gasteiger partial charge in [0.15, 0.2) is 5.96 Å². The number of nitrogens with one attached hydrogen (secondary N) is 2. The van der Waals surface area contributed by atoms with Gasteiger partial charge in [0, 0.05) is 19.3 Å². The van der Waals surface area contributed by atoms with E-state index in [1.807, 2.05) is 0 Å². The third-order valence-corrected chi connectivity index (χ3v) is 4.60. The van der Waals surface area contributed by atoms with Crippen LogP contribution in [0.15, 0.2) is 23.3 Å². The number of halogens is 1. The molecule has 0 bridgehead atoms. The topological polar surface area (TPSA) is 49.3 Å². The molecule has 0 aromatic carbocycles. The van der Waals surface area contributed by atoms with Gasteiger partial charge in [-0.25, -0.2) is 4.39 Å². The first-order chi connectivity index (χ1) is 11.2. The second-order valence-electron chi connectivity index (χ2n) is 6.48. The Morgan fingerprint density at radius 3 is 2.87 bits per heavy atom. The normalized spacial score (nSPS) is 17.8. The quantitative estimate of drug-likeness (QED) is 0.621. The molecular formula is C18H29FN4. The largest absolute Gasteiger partial charge is 0.354 e. The summed E-state index contributed by atoms with van der Waals surface area (Å²) in [6.07, 6.45) is 11.0. The summed E-state index contributed by atoms with van der Waals surface area (Å²) in [5.74, 6) is 1.30. The molecule has 0 amide bonds. The van der Waals surface area contributed by atoms with E-state index in [1.165, 1.54) is 44.6 Å². The lowest BCUT2D eigenvalue weighted by Gasteiger charge is -2.24. The molecule has 4 nitrogen and oxygen atoms in total. The maximum absolute atomic E-state index is 13.6. The van der Waals surface area contributed by atoms with Crippen molar-refractivity contribution >= 4 is 5.96 Å². The smallest absolute Gasteiger partial charge is 0.191 e. The zero-order valence-electron chi connectivity index (χ0n) is 14.3. The Hall–Kier alpha value is -1.65. The van der Waals surface area contributed by atoms with Crippen molar-refractivity contribution < 1.29 is 4.39 Å². The first-order valence-corrected chi connectivity index (χ1v) is 8.75. The van der Waals surface area contributed by atoms with E-state index in [0.29, 0.717) is 24.2 Å². The van der Waals surface area contributed by atoms with Gasteiger partial charge < -0.3 is 10.6 Å². The number of aliphatic imine (C=N–C) groups is 1. The first kappa shape index (κ1) is 17.7. The van der Waals surface area contributed by atoms with Gasteiger partial charge in [-0.2, -0.15) is 0 Å². The minimum atomic E-state index is -0.291. The first-order valence-electron chi connectivity index (χ1n) is 8.75. The molecule has 1 aliphatic rings. The van der Waals surface area contributed by atoms with Crippen LogP contribution < -0.4 is 10.6 Å². The molecular weight excluding hydrogens is 291 g/mol. The lowest BCUT2D eigenvalue weighted by Crippen LogP contribution is -2.42. The Balaban J connectivity index is 1.72. The summed E-state index contributed by atoms with van der Waals surface area (Å²) in [4.78, 5) is 8.25. The number of hydrogen-bond acceptors (Lipinski definition) is 2. The molecule has 0 spiro atoms. The predicted octanol–water partition coefficient (Wildman–Crippen LogP) is 3.63. The van der Waals surface area contributed by atoms with Crippen molar-refractivity contribution in [3.63, 3.8) is 0 Å². The highest BCUT2D eigenvalue weighted by atomic mass is 19.1. The number of hydrogen-bond donors (Lipinski definition) is 2. The molecule has 1 saturated carbocycles. The lowest BCUT2D eigenvalue weighted by atomic mass is 9.85. The van der Waals surface area contributed by atoms with Crippen LogP contribution >= 0.6 is 0 Å². The molecule has 1 fully saturated rings. The summed E-state index contributed by atoms with van der Waals surface area (Å²) in [6.45, 7) is 2.51. The van der Waals surface area contributed by atoms with Crippen LogP contribution in [0.2, 0.25) is 0 Å². The Bertz CT molecular complexity index is 498. The fourth-order valence-corrected chi connectivity index (χ4v) is 3.18. The van der Waals surface area contributed by atoms with Crippen molar-refractivity contribution in [3.8, 4) is 0 Å². The third-order valence-electron chi connectivity index (χ3n) is 4.60. The van der Waals surface area contributed by atoms with Crippen LogP contribution in [-0.4, -0.2) is 24.0 Å². The van der Waals surface area contributed by atoms with Crippen molar-refractivity contribution in [2.24, 2.45) is 10.9 Å². The Labute approximate surface area is 139 Å². The predicted molar refractivity (Wildman–Crippen MR) is 92.8 cm³/mol. The average molecular weight is 320 g/mol. The van der Waals surface area contributed by atoms with E-state index in [2.05, 4.69) is 27.5 Å². The van der Waals surface area contributed by atoms with Gasteiger partial charge >= 0.3 is 0 Å². The van der Waals surface area contributed by atoms with Crippen molar-refractivity contribution in [1.29, 1.82) is 0 Å². The van der Waals surface area contributed by atoms with Gasteiger partial charge in [0.1, 0.15) is 5.82 Å². The molecule has 2 N–H and O–H groups in total. The summed E-state index contributed by atoms with van der Waals surface area (Å²) >= 11 is 0. The SMILES string of the molecule is CN=C(NCc1ncccc1F)NC(C)CCC1CCCCC1. The molecule has 1 atom stereocenters. The van der Waals surface area contributed by atoms with Gasteiger partial charge in [0.05, 0.1) is 12.2 Å². The molecule has 128 valence electrons. The molecule has 23 heavy (non-hydrogen) atoms. The van der Waals surface area contributed by atoms with Crippen molar-refractivity contribution in [2.45, 2.75) is 64.5 Å². The van der Waals surface area contributed by atoms with Crippen LogP contribution in [0.1, 0.15) is 57.6 Å². The van der Waals surface area contributed by atoms with Crippen LogP contribution in [0.4, 0.5) is 4.39 Å². The number of aromatic nitrogens is 1. The van der Waals surface area contributed by atoms with Gasteiger partial charge in [-0.1, -0.05) is 32.1 Å². The van der Waals surface area contributed by atoms with Crippen molar-refractivity contribution in [1.82, 2.24) is 15.6 Å². The van der Waals surface area contributed by atoms with E-state index in [-0.39, 0.29) is 5.82 Å². The molecule has 1 aromatic heterocycles. The number of rotatable bonds is 6. The highest BCUT2D eigenvalue weighted by Crippen LogP contribution is 2.27. The van der Waals surface area contributed by atoms with E-state index >= 15 is 0 Å². The highest BCUT2D eigenvalue weighted by molar-refractivity contribution is 5.79. The Morgan fingerprint density at radius 2 is 2.17 bits per heavy atom. The number of pyridine rings is 1. The molecule has 0 radical (unpaired) electrons. The lowest BCUT2D eigenvalue weighted by molar-refractivity contribution is 0.322. The van der Waals surface area contributed by atoms with Crippen LogP contribution in [-0.2, 0) is 6.54 Å². The van der Waals surface area contributed by atoms with Gasteiger partial charge in [-0.3, -0.25) is 9.98 Å². The zero-order valence-corrected chi connectivity index (χ0v) is 14.3. The molecule has 2 rings (SSSR count). The van der Waals surface area contributed by atoms with Crippen LogP contribution in [0.3, 0.4) is 0 Å². The monoisotopic (exact) mass is 320 g/mol. The Kier molecular flexibility index (Phi) is 7.30. The van der Waals surface area contributed by atoms with Crippen LogP contribution in [0.25, 0.3) is 0 Å².